The Hall–Kier alpha value is -2.14. The number of amides is 1. The van der Waals surface area contributed by atoms with Gasteiger partial charge in [0.2, 0.25) is 0 Å². The molecule has 22 heavy (non-hydrogen) atoms. The fourth-order valence-electron chi connectivity index (χ4n) is 2.19. The van der Waals surface area contributed by atoms with Gasteiger partial charge in [0, 0.05) is 19.2 Å². The van der Waals surface area contributed by atoms with Crippen LogP contribution in [0.25, 0.3) is 11.3 Å². The Kier molecular flexibility index (Phi) is 4.66. The molecule has 2 N–H and O–H groups in total. The van der Waals surface area contributed by atoms with E-state index in [1.807, 2.05) is 13.8 Å². The lowest BCUT2D eigenvalue weighted by Gasteiger charge is -2.28. The molecule has 1 aromatic carbocycles. The highest BCUT2D eigenvalue weighted by atomic mass is 19.1. The average Bonchev–Trinajstić information content (AvgIpc) is 2.96. The largest absolute Gasteiger partial charge is 0.451 e. The number of hydrogen-bond acceptors (Lipinski definition) is 3. The predicted octanol–water partition coefficient (Wildman–Crippen LogP) is 3.14. The SMILES string of the molecule is CN(CC(C)(C)CN)C(=O)c1ccc(-c2ccc(F)cc2)o1. The molecule has 0 aliphatic rings. The first-order chi connectivity index (χ1) is 10.3. The van der Waals surface area contributed by atoms with E-state index in [0.29, 0.717) is 18.8 Å². The molecular formula is C17H21FN2O2. The second kappa shape index (κ2) is 6.32. The monoisotopic (exact) mass is 304 g/mol. The smallest absolute Gasteiger partial charge is 0.289 e. The molecule has 5 heteroatoms. The molecule has 1 aromatic heterocycles. The fourth-order valence-corrected chi connectivity index (χ4v) is 2.19. The van der Waals surface area contributed by atoms with E-state index in [4.69, 9.17) is 10.2 Å². The first-order valence-electron chi connectivity index (χ1n) is 7.14. The molecule has 0 saturated carbocycles. The Labute approximate surface area is 129 Å². The third-order valence-electron chi connectivity index (χ3n) is 3.51. The van der Waals surface area contributed by atoms with E-state index in [-0.39, 0.29) is 22.9 Å². The van der Waals surface area contributed by atoms with Crippen molar-refractivity contribution >= 4 is 5.91 Å². The van der Waals surface area contributed by atoms with Crippen LogP contribution in [-0.4, -0.2) is 30.9 Å². The zero-order valence-electron chi connectivity index (χ0n) is 13.1. The normalized spacial score (nSPS) is 11.5. The average molecular weight is 304 g/mol. The van der Waals surface area contributed by atoms with E-state index in [1.54, 1.807) is 36.2 Å². The van der Waals surface area contributed by atoms with Gasteiger partial charge in [-0.3, -0.25) is 4.79 Å². The number of hydrogen-bond donors (Lipinski definition) is 1. The van der Waals surface area contributed by atoms with Crippen LogP contribution in [-0.2, 0) is 0 Å². The van der Waals surface area contributed by atoms with Crippen molar-refractivity contribution in [3.05, 3.63) is 48.0 Å². The topological polar surface area (TPSA) is 59.5 Å². The van der Waals surface area contributed by atoms with Crippen molar-refractivity contribution in [3.8, 4) is 11.3 Å². The summed E-state index contributed by atoms with van der Waals surface area (Å²) in [5, 5.41) is 0. The van der Waals surface area contributed by atoms with E-state index >= 15 is 0 Å². The van der Waals surface area contributed by atoms with Gasteiger partial charge < -0.3 is 15.1 Å². The minimum Gasteiger partial charge on any atom is -0.451 e. The van der Waals surface area contributed by atoms with Crippen LogP contribution in [0.1, 0.15) is 24.4 Å². The number of benzene rings is 1. The van der Waals surface area contributed by atoms with Gasteiger partial charge in [0.1, 0.15) is 11.6 Å². The first-order valence-corrected chi connectivity index (χ1v) is 7.14. The van der Waals surface area contributed by atoms with Crippen LogP contribution in [0.15, 0.2) is 40.8 Å². The van der Waals surface area contributed by atoms with E-state index in [1.165, 1.54) is 12.1 Å². The van der Waals surface area contributed by atoms with Crippen LogP contribution < -0.4 is 5.73 Å². The molecule has 1 heterocycles. The third kappa shape index (κ3) is 3.74. The molecule has 0 unspecified atom stereocenters. The molecule has 4 nitrogen and oxygen atoms in total. The molecule has 2 aromatic rings. The standard InChI is InChI=1S/C17H21FN2O2/c1-17(2,10-19)11-20(3)16(21)15-9-8-14(22-15)12-4-6-13(18)7-5-12/h4-9H,10-11,19H2,1-3H3. The van der Waals surface area contributed by atoms with Gasteiger partial charge in [-0.05, 0) is 48.4 Å². The second-order valence-electron chi connectivity index (χ2n) is 6.20. The van der Waals surface area contributed by atoms with E-state index in [0.717, 1.165) is 5.56 Å². The van der Waals surface area contributed by atoms with Gasteiger partial charge in [-0.15, -0.1) is 0 Å². The summed E-state index contributed by atoms with van der Waals surface area (Å²) >= 11 is 0. The van der Waals surface area contributed by atoms with Crippen LogP contribution in [0.2, 0.25) is 0 Å². The van der Waals surface area contributed by atoms with Crippen LogP contribution in [0, 0.1) is 11.2 Å². The van der Waals surface area contributed by atoms with E-state index < -0.39 is 0 Å². The number of halogens is 1. The number of rotatable bonds is 5. The third-order valence-corrected chi connectivity index (χ3v) is 3.51. The molecule has 118 valence electrons. The Bertz CT molecular complexity index is 647. The van der Waals surface area contributed by atoms with Gasteiger partial charge in [0.15, 0.2) is 5.76 Å². The van der Waals surface area contributed by atoms with Crippen LogP contribution in [0.4, 0.5) is 4.39 Å². The molecule has 0 aliphatic heterocycles. The summed E-state index contributed by atoms with van der Waals surface area (Å²) in [4.78, 5) is 14.0. The van der Waals surface area contributed by atoms with E-state index in [2.05, 4.69) is 0 Å². The Morgan fingerprint density at radius 3 is 2.45 bits per heavy atom. The minimum atomic E-state index is -0.310. The van der Waals surface area contributed by atoms with Crippen molar-refractivity contribution in [2.45, 2.75) is 13.8 Å². The molecule has 0 atom stereocenters. The predicted molar refractivity (Wildman–Crippen MR) is 83.9 cm³/mol. The maximum atomic E-state index is 12.9. The molecule has 0 fully saturated rings. The molecule has 1 amide bonds. The van der Waals surface area contributed by atoms with Gasteiger partial charge in [0.05, 0.1) is 0 Å². The van der Waals surface area contributed by atoms with Crippen molar-refractivity contribution < 1.29 is 13.6 Å². The summed E-state index contributed by atoms with van der Waals surface area (Å²) in [7, 11) is 1.72. The summed E-state index contributed by atoms with van der Waals surface area (Å²) in [6, 6.07) is 9.28. The lowest BCUT2D eigenvalue weighted by molar-refractivity contribution is 0.0710. The Balaban J connectivity index is 2.13. The van der Waals surface area contributed by atoms with Crippen molar-refractivity contribution in [1.29, 1.82) is 0 Å². The van der Waals surface area contributed by atoms with Crippen molar-refractivity contribution in [3.63, 3.8) is 0 Å². The number of nitrogens with zero attached hydrogens (tertiary/aromatic N) is 1. The van der Waals surface area contributed by atoms with Gasteiger partial charge in [-0.1, -0.05) is 13.8 Å². The zero-order valence-corrected chi connectivity index (χ0v) is 13.1. The molecule has 0 saturated heterocycles. The number of furan rings is 1. The van der Waals surface area contributed by atoms with Crippen molar-refractivity contribution in [1.82, 2.24) is 4.90 Å². The Morgan fingerprint density at radius 1 is 1.23 bits per heavy atom. The fraction of sp³-hybridized carbons (Fsp3) is 0.353. The summed E-state index contributed by atoms with van der Waals surface area (Å²) in [6.07, 6.45) is 0. The molecular weight excluding hydrogens is 283 g/mol. The maximum absolute atomic E-state index is 12.9. The summed E-state index contributed by atoms with van der Waals surface area (Å²) in [5.74, 6) is 0.287. The highest BCUT2D eigenvalue weighted by molar-refractivity contribution is 5.92. The van der Waals surface area contributed by atoms with Gasteiger partial charge in [-0.25, -0.2) is 4.39 Å². The van der Waals surface area contributed by atoms with Gasteiger partial charge >= 0.3 is 0 Å². The summed E-state index contributed by atoms with van der Waals surface area (Å²) in [5.41, 5.74) is 6.26. The molecule has 0 radical (unpaired) electrons. The van der Waals surface area contributed by atoms with Crippen LogP contribution in [0.3, 0.4) is 0 Å². The highest BCUT2D eigenvalue weighted by Crippen LogP contribution is 2.23. The minimum absolute atomic E-state index is 0.156. The van der Waals surface area contributed by atoms with Crippen LogP contribution in [0.5, 0.6) is 0 Å². The zero-order chi connectivity index (χ0) is 16.3. The lowest BCUT2D eigenvalue weighted by atomic mass is 9.93. The van der Waals surface area contributed by atoms with Crippen molar-refractivity contribution in [2.24, 2.45) is 11.1 Å². The molecule has 0 spiro atoms. The van der Waals surface area contributed by atoms with Gasteiger partial charge in [0.25, 0.3) is 5.91 Å². The molecule has 0 aliphatic carbocycles. The summed E-state index contributed by atoms with van der Waals surface area (Å²) < 4.78 is 18.5. The van der Waals surface area contributed by atoms with E-state index in [9.17, 15) is 9.18 Å². The quantitative estimate of drug-likeness (QED) is 0.923. The van der Waals surface area contributed by atoms with Crippen LogP contribution >= 0.6 is 0 Å². The number of carbonyl (C=O) groups excluding carboxylic acids is 1. The molecule has 2 rings (SSSR count). The van der Waals surface area contributed by atoms with Gasteiger partial charge in [-0.2, -0.15) is 0 Å². The maximum Gasteiger partial charge on any atom is 0.289 e. The molecule has 0 bridgehead atoms. The first kappa shape index (κ1) is 16.2. The number of carbonyl (C=O) groups is 1. The van der Waals surface area contributed by atoms with Crippen molar-refractivity contribution in [2.75, 3.05) is 20.1 Å². The number of nitrogens with two attached hydrogens (primary N) is 1. The lowest BCUT2D eigenvalue weighted by Crippen LogP contribution is -2.39. The summed E-state index contributed by atoms with van der Waals surface area (Å²) in [6.45, 7) is 5.03. The second-order valence-corrected chi connectivity index (χ2v) is 6.20. The Morgan fingerprint density at radius 2 is 1.86 bits per heavy atom. The highest BCUT2D eigenvalue weighted by Gasteiger charge is 2.23.